The predicted molar refractivity (Wildman–Crippen MR) is 111 cm³/mol. The van der Waals surface area contributed by atoms with Gasteiger partial charge in [-0.2, -0.15) is 5.26 Å². The fourth-order valence-electron chi connectivity index (χ4n) is 3.95. The van der Waals surface area contributed by atoms with Crippen LogP contribution in [-0.2, 0) is 4.79 Å². The monoisotopic (exact) mass is 456 g/mol. The lowest BCUT2D eigenvalue weighted by atomic mass is 9.63. The number of halogens is 2. The molecule has 1 aromatic carbocycles. The Balaban J connectivity index is 1.33. The van der Waals surface area contributed by atoms with E-state index in [4.69, 9.17) is 21.6 Å². The van der Waals surface area contributed by atoms with E-state index in [1.807, 2.05) is 6.07 Å². The Morgan fingerprint density at radius 2 is 2.12 bits per heavy atom. The zero-order chi connectivity index (χ0) is 22.9. The molecule has 32 heavy (non-hydrogen) atoms. The summed E-state index contributed by atoms with van der Waals surface area (Å²) in [7, 11) is 0. The van der Waals surface area contributed by atoms with Crippen LogP contribution in [0.25, 0.3) is 0 Å². The van der Waals surface area contributed by atoms with Gasteiger partial charge in [-0.3, -0.25) is 9.59 Å². The number of carbonyl (C=O) groups is 2. The number of nitrogens with zero attached hydrogens (tertiary/aromatic N) is 2. The highest BCUT2D eigenvalue weighted by molar-refractivity contribution is 6.30. The first kappa shape index (κ1) is 21.7. The fraction of sp³-hybridized carbons (Fsp3) is 0.273. The summed E-state index contributed by atoms with van der Waals surface area (Å²) >= 11 is 5.62. The molecule has 10 heteroatoms. The molecule has 1 atom stereocenters. The number of aliphatic hydroxyl groups is 1. The number of ether oxygens (including phenoxy) is 1. The summed E-state index contributed by atoms with van der Waals surface area (Å²) in [5.74, 6) is -1.35. The zero-order valence-corrected chi connectivity index (χ0v) is 17.4. The third-order valence-electron chi connectivity index (χ3n) is 5.44. The molecule has 1 saturated carbocycles. The summed E-state index contributed by atoms with van der Waals surface area (Å²) in [6.07, 6.45) is 1.55. The average molecular weight is 457 g/mol. The number of pyridine rings is 1. The highest BCUT2D eigenvalue weighted by Gasteiger charge is 2.50. The predicted octanol–water partition coefficient (Wildman–Crippen LogP) is 2.22. The minimum Gasteiger partial charge on any atom is -0.484 e. The van der Waals surface area contributed by atoms with E-state index in [2.05, 4.69) is 15.6 Å². The van der Waals surface area contributed by atoms with Gasteiger partial charge in [-0.1, -0.05) is 11.6 Å². The molecule has 164 valence electrons. The van der Waals surface area contributed by atoms with Crippen molar-refractivity contribution in [1.29, 1.82) is 5.26 Å². The van der Waals surface area contributed by atoms with Gasteiger partial charge in [0.1, 0.15) is 23.3 Å². The molecule has 1 unspecified atom stereocenters. The Hall–Kier alpha value is -3.48. The van der Waals surface area contributed by atoms with Crippen molar-refractivity contribution in [3.8, 4) is 11.8 Å². The van der Waals surface area contributed by atoms with Crippen LogP contribution in [0.3, 0.4) is 0 Å². The van der Waals surface area contributed by atoms with Crippen LogP contribution >= 0.6 is 11.6 Å². The first-order valence-electron chi connectivity index (χ1n) is 9.75. The number of fused-ring (bicyclic) bond motifs is 2. The minimum absolute atomic E-state index is 0.0384. The van der Waals surface area contributed by atoms with E-state index in [0.29, 0.717) is 24.1 Å². The summed E-state index contributed by atoms with van der Waals surface area (Å²) in [6, 6.07) is 8.75. The number of nitrogens with one attached hydrogen (secondary N) is 2. The highest BCUT2D eigenvalue weighted by Crippen LogP contribution is 2.47. The second-order valence-corrected chi connectivity index (χ2v) is 8.19. The van der Waals surface area contributed by atoms with Gasteiger partial charge < -0.3 is 20.5 Å². The van der Waals surface area contributed by atoms with Crippen LogP contribution in [0.1, 0.15) is 35.3 Å². The van der Waals surface area contributed by atoms with Gasteiger partial charge >= 0.3 is 0 Å². The first-order valence-corrected chi connectivity index (χ1v) is 10.1. The SMILES string of the molecule is N#Cc1ccc(C(=O)NC2=C3CC(NC(=O)COc4ccc(Cl)c(F)c4)(C3)CC2O)nc1. The maximum Gasteiger partial charge on any atom is 0.274 e. The molecule has 3 N–H and O–H groups in total. The lowest BCUT2D eigenvalue weighted by molar-refractivity contribution is -0.126. The molecule has 2 aromatic rings. The second kappa shape index (κ2) is 8.57. The van der Waals surface area contributed by atoms with Crippen molar-refractivity contribution in [3.05, 3.63) is 69.9 Å². The van der Waals surface area contributed by atoms with Crippen molar-refractivity contribution in [2.75, 3.05) is 6.61 Å². The molecule has 0 spiro atoms. The van der Waals surface area contributed by atoms with E-state index in [1.165, 1.54) is 30.5 Å². The Labute approximate surface area is 187 Å². The van der Waals surface area contributed by atoms with Gasteiger partial charge in [0.2, 0.25) is 0 Å². The van der Waals surface area contributed by atoms with Crippen molar-refractivity contribution in [1.82, 2.24) is 15.6 Å². The van der Waals surface area contributed by atoms with Gasteiger partial charge in [-0.25, -0.2) is 9.37 Å². The maximum atomic E-state index is 13.5. The number of rotatable bonds is 6. The standard InChI is InChI=1S/C22H18ClFN4O4/c23-15-3-2-14(5-16(15)24)32-11-19(30)28-22-6-13(7-22)20(18(29)8-22)27-21(31)17-4-1-12(9-25)10-26-17/h1-5,10,18,29H,6-8,11H2,(H,27,31)(H,28,30). The van der Waals surface area contributed by atoms with Crippen LogP contribution in [0.4, 0.5) is 4.39 Å². The number of nitriles is 1. The summed E-state index contributed by atoms with van der Waals surface area (Å²) in [5, 5.41) is 24.9. The second-order valence-electron chi connectivity index (χ2n) is 7.78. The number of aromatic nitrogens is 1. The zero-order valence-electron chi connectivity index (χ0n) is 16.7. The summed E-state index contributed by atoms with van der Waals surface area (Å²) in [4.78, 5) is 28.7. The van der Waals surface area contributed by atoms with Crippen LogP contribution in [-0.4, -0.2) is 40.2 Å². The molecule has 5 rings (SSSR count). The van der Waals surface area contributed by atoms with Gasteiger partial charge in [0.05, 0.1) is 22.2 Å². The Kier molecular flexibility index (Phi) is 5.82. The molecule has 1 fully saturated rings. The summed E-state index contributed by atoms with van der Waals surface area (Å²) in [6.45, 7) is -0.314. The number of hydrogen-bond acceptors (Lipinski definition) is 6. The van der Waals surface area contributed by atoms with Crippen LogP contribution in [0, 0.1) is 17.1 Å². The quantitative estimate of drug-likeness (QED) is 0.612. The van der Waals surface area contributed by atoms with Crippen molar-refractivity contribution in [2.24, 2.45) is 0 Å². The molecular formula is C22H18ClFN4O4. The van der Waals surface area contributed by atoms with Gasteiger partial charge in [0.15, 0.2) is 6.61 Å². The van der Waals surface area contributed by atoms with E-state index in [0.717, 1.165) is 11.6 Å². The first-order chi connectivity index (χ1) is 15.3. The van der Waals surface area contributed by atoms with Crippen LogP contribution in [0.15, 0.2) is 47.8 Å². The molecule has 3 aliphatic carbocycles. The molecule has 0 radical (unpaired) electrons. The minimum atomic E-state index is -0.957. The van der Waals surface area contributed by atoms with Crippen molar-refractivity contribution >= 4 is 23.4 Å². The highest BCUT2D eigenvalue weighted by atomic mass is 35.5. The van der Waals surface area contributed by atoms with E-state index < -0.39 is 29.3 Å². The molecular weight excluding hydrogens is 439 g/mol. The van der Waals surface area contributed by atoms with E-state index >= 15 is 0 Å². The van der Waals surface area contributed by atoms with Crippen molar-refractivity contribution in [3.63, 3.8) is 0 Å². The Morgan fingerprint density at radius 3 is 2.75 bits per heavy atom. The van der Waals surface area contributed by atoms with Gasteiger partial charge in [0.25, 0.3) is 11.8 Å². The fourth-order valence-corrected chi connectivity index (χ4v) is 4.06. The largest absolute Gasteiger partial charge is 0.484 e. The molecule has 8 nitrogen and oxygen atoms in total. The molecule has 2 bridgehead atoms. The van der Waals surface area contributed by atoms with E-state index in [9.17, 15) is 19.1 Å². The summed E-state index contributed by atoms with van der Waals surface area (Å²) < 4.78 is 18.8. The number of benzene rings is 1. The maximum absolute atomic E-state index is 13.5. The molecule has 3 aliphatic rings. The van der Waals surface area contributed by atoms with Crippen molar-refractivity contribution in [2.45, 2.75) is 30.9 Å². The van der Waals surface area contributed by atoms with Gasteiger partial charge in [-0.15, -0.1) is 0 Å². The third-order valence-corrected chi connectivity index (χ3v) is 5.75. The van der Waals surface area contributed by atoms with E-state index in [-0.39, 0.29) is 29.5 Å². The Morgan fingerprint density at radius 1 is 1.34 bits per heavy atom. The van der Waals surface area contributed by atoms with Crippen LogP contribution in [0.5, 0.6) is 5.75 Å². The molecule has 2 amide bonds. The molecule has 0 aliphatic heterocycles. The number of aliphatic hydroxyl groups excluding tert-OH is 1. The number of amides is 2. The van der Waals surface area contributed by atoms with E-state index in [1.54, 1.807) is 0 Å². The van der Waals surface area contributed by atoms with Gasteiger partial charge in [0, 0.05) is 24.4 Å². The molecule has 0 saturated heterocycles. The normalized spacial score (nSPS) is 21.2. The number of carbonyl (C=O) groups excluding carboxylic acids is 2. The lowest BCUT2D eigenvalue weighted by Gasteiger charge is -2.51. The number of hydrogen-bond donors (Lipinski definition) is 3. The topological polar surface area (TPSA) is 124 Å². The van der Waals surface area contributed by atoms with Crippen molar-refractivity contribution < 1.29 is 23.8 Å². The summed E-state index contributed by atoms with van der Waals surface area (Å²) in [5.41, 5.74) is 1.12. The smallest absolute Gasteiger partial charge is 0.274 e. The Bertz CT molecular complexity index is 1150. The lowest BCUT2D eigenvalue weighted by Crippen LogP contribution is -2.61. The molecule has 1 aromatic heterocycles. The van der Waals surface area contributed by atoms with Gasteiger partial charge in [-0.05, 0) is 42.7 Å². The molecule has 1 heterocycles. The average Bonchev–Trinajstić information content (AvgIpc) is 2.75. The van der Waals surface area contributed by atoms with Crippen LogP contribution < -0.4 is 15.4 Å². The third kappa shape index (κ3) is 4.42. The van der Waals surface area contributed by atoms with Crippen LogP contribution in [0.2, 0.25) is 5.02 Å².